The molecule has 0 spiro atoms. The quantitative estimate of drug-likeness (QED) is 0.352. The number of benzene rings is 2. The molecule has 0 unspecified atom stereocenters. The van der Waals surface area contributed by atoms with Gasteiger partial charge in [-0.2, -0.15) is 5.10 Å². The van der Waals surface area contributed by atoms with Crippen molar-refractivity contribution in [1.82, 2.24) is 20.1 Å². The number of esters is 1. The fraction of sp³-hybridized carbons (Fsp3) is 0.154. The number of nitrogens with zero attached hydrogens (tertiary/aromatic N) is 3. The Morgan fingerprint density at radius 1 is 1.00 bits per heavy atom. The summed E-state index contributed by atoms with van der Waals surface area (Å²) in [5, 5.41) is 9.88. The van der Waals surface area contributed by atoms with Crippen LogP contribution in [0.3, 0.4) is 0 Å². The van der Waals surface area contributed by atoms with Gasteiger partial charge < -0.3 is 20.1 Å². The molecule has 0 atom stereocenters. The molecule has 0 saturated heterocycles. The van der Waals surface area contributed by atoms with Crippen LogP contribution < -0.4 is 15.4 Å². The van der Waals surface area contributed by atoms with Gasteiger partial charge in [0, 0.05) is 36.4 Å². The number of urea groups is 1. The van der Waals surface area contributed by atoms with E-state index in [1.54, 1.807) is 54.5 Å². The Morgan fingerprint density at radius 3 is 2.63 bits per heavy atom. The average Bonchev–Trinajstić information content (AvgIpc) is 3.39. The van der Waals surface area contributed by atoms with Gasteiger partial charge in [-0.15, -0.1) is 0 Å². The molecule has 4 rings (SSSR count). The molecule has 0 aliphatic carbocycles. The highest BCUT2D eigenvalue weighted by Gasteiger charge is 2.11. The van der Waals surface area contributed by atoms with Crippen molar-refractivity contribution in [3.05, 3.63) is 102 Å². The minimum atomic E-state index is -0.479. The van der Waals surface area contributed by atoms with Crippen molar-refractivity contribution in [2.24, 2.45) is 0 Å². The Kier molecular flexibility index (Phi) is 7.70. The Bertz CT molecular complexity index is 1270. The zero-order valence-corrected chi connectivity index (χ0v) is 19.2. The first kappa shape index (κ1) is 23.5. The third-order valence-corrected chi connectivity index (χ3v) is 4.95. The number of hydrogen-bond acceptors (Lipinski definition) is 6. The van der Waals surface area contributed by atoms with Crippen LogP contribution in [0.1, 0.15) is 28.5 Å². The van der Waals surface area contributed by atoms with Crippen LogP contribution >= 0.6 is 0 Å². The number of aromatic nitrogens is 3. The highest BCUT2D eigenvalue weighted by Crippen LogP contribution is 2.16. The first-order valence-corrected chi connectivity index (χ1v) is 11.1. The number of rotatable bonds is 9. The van der Waals surface area contributed by atoms with Crippen LogP contribution in [0.4, 0.5) is 10.5 Å². The Labute approximate surface area is 202 Å². The van der Waals surface area contributed by atoms with Crippen LogP contribution in [0.2, 0.25) is 0 Å². The average molecular weight is 472 g/mol. The topological polar surface area (TPSA) is 107 Å². The fourth-order valence-corrected chi connectivity index (χ4v) is 3.22. The van der Waals surface area contributed by atoms with Crippen LogP contribution in [0.15, 0.2) is 85.3 Å². The van der Waals surface area contributed by atoms with Crippen molar-refractivity contribution in [1.29, 1.82) is 0 Å². The second-order valence-electron chi connectivity index (χ2n) is 7.52. The predicted molar refractivity (Wildman–Crippen MR) is 130 cm³/mol. The van der Waals surface area contributed by atoms with Crippen molar-refractivity contribution in [2.75, 3.05) is 11.9 Å². The Morgan fingerprint density at radius 2 is 1.86 bits per heavy atom. The molecule has 4 aromatic rings. The molecule has 178 valence electrons. The maximum Gasteiger partial charge on any atom is 0.358 e. The number of ether oxygens (including phenoxy) is 2. The zero-order valence-electron chi connectivity index (χ0n) is 19.2. The molecule has 9 nitrogen and oxygen atoms in total. The standard InChI is InChI=1S/C26H25N5O4/c1-2-34-25(32)24-12-14-31(30-24)22-7-3-6-21(15-22)29-26(33)28-17-19-8-10-23(11-9-19)35-18-20-5-4-13-27-16-20/h3-16H,2,17-18H2,1H3,(H2,28,29,33). The van der Waals surface area contributed by atoms with Gasteiger partial charge in [0.05, 0.1) is 12.3 Å². The van der Waals surface area contributed by atoms with E-state index in [4.69, 9.17) is 9.47 Å². The van der Waals surface area contributed by atoms with Gasteiger partial charge in [0.2, 0.25) is 0 Å². The van der Waals surface area contributed by atoms with E-state index < -0.39 is 5.97 Å². The van der Waals surface area contributed by atoms with Crippen LogP contribution in [-0.4, -0.2) is 33.4 Å². The molecule has 0 saturated carbocycles. The summed E-state index contributed by atoms with van der Waals surface area (Å²) in [5.41, 5.74) is 3.43. The second-order valence-corrected chi connectivity index (χ2v) is 7.52. The molecule has 2 N–H and O–H groups in total. The molecule has 2 amide bonds. The van der Waals surface area contributed by atoms with Gasteiger partial charge in [-0.05, 0) is 55.0 Å². The van der Waals surface area contributed by atoms with E-state index >= 15 is 0 Å². The van der Waals surface area contributed by atoms with Crippen LogP contribution in [0, 0.1) is 0 Å². The number of anilines is 1. The van der Waals surface area contributed by atoms with Gasteiger partial charge in [-0.3, -0.25) is 4.98 Å². The zero-order chi connectivity index (χ0) is 24.5. The number of nitrogens with one attached hydrogen (secondary N) is 2. The van der Waals surface area contributed by atoms with E-state index in [9.17, 15) is 9.59 Å². The van der Waals surface area contributed by atoms with E-state index in [1.165, 1.54) is 0 Å². The third-order valence-electron chi connectivity index (χ3n) is 4.95. The molecule has 9 heteroatoms. The summed E-state index contributed by atoms with van der Waals surface area (Å²) in [6.45, 7) is 2.82. The molecule has 2 heterocycles. The largest absolute Gasteiger partial charge is 0.489 e. The molecule has 2 aromatic carbocycles. The summed E-state index contributed by atoms with van der Waals surface area (Å²) in [7, 11) is 0. The Hall–Kier alpha value is -4.66. The van der Waals surface area contributed by atoms with Gasteiger partial charge in [0.25, 0.3) is 0 Å². The molecule has 35 heavy (non-hydrogen) atoms. The normalized spacial score (nSPS) is 10.4. The van der Waals surface area contributed by atoms with E-state index in [-0.39, 0.29) is 18.3 Å². The lowest BCUT2D eigenvalue weighted by atomic mass is 10.2. The summed E-state index contributed by atoms with van der Waals surface area (Å²) < 4.78 is 12.3. The summed E-state index contributed by atoms with van der Waals surface area (Å²) in [4.78, 5) is 28.3. The summed E-state index contributed by atoms with van der Waals surface area (Å²) >= 11 is 0. The minimum absolute atomic E-state index is 0.219. The minimum Gasteiger partial charge on any atom is -0.489 e. The van der Waals surface area contributed by atoms with E-state index in [0.29, 0.717) is 24.5 Å². The van der Waals surface area contributed by atoms with Gasteiger partial charge in [0.15, 0.2) is 5.69 Å². The van der Waals surface area contributed by atoms with Crippen molar-refractivity contribution in [3.63, 3.8) is 0 Å². The molecular formula is C26H25N5O4. The Balaban J connectivity index is 1.28. The van der Waals surface area contributed by atoms with Gasteiger partial charge in [0.1, 0.15) is 12.4 Å². The number of pyridine rings is 1. The van der Waals surface area contributed by atoms with E-state index in [2.05, 4.69) is 20.7 Å². The van der Waals surface area contributed by atoms with E-state index in [0.717, 1.165) is 16.9 Å². The lowest BCUT2D eigenvalue weighted by Crippen LogP contribution is -2.28. The van der Waals surface area contributed by atoms with Gasteiger partial charge in [-0.1, -0.05) is 24.3 Å². The van der Waals surface area contributed by atoms with Crippen molar-refractivity contribution in [3.8, 4) is 11.4 Å². The van der Waals surface area contributed by atoms with Crippen molar-refractivity contribution >= 4 is 17.7 Å². The lowest BCUT2D eigenvalue weighted by Gasteiger charge is -2.10. The van der Waals surface area contributed by atoms with Gasteiger partial charge >= 0.3 is 12.0 Å². The molecule has 0 fully saturated rings. The smallest absolute Gasteiger partial charge is 0.358 e. The first-order valence-electron chi connectivity index (χ1n) is 11.1. The number of carbonyl (C=O) groups excluding carboxylic acids is 2. The van der Waals surface area contributed by atoms with Crippen molar-refractivity contribution in [2.45, 2.75) is 20.1 Å². The SMILES string of the molecule is CCOC(=O)c1ccn(-c2cccc(NC(=O)NCc3ccc(OCc4cccnc4)cc3)c2)n1. The maximum atomic E-state index is 12.4. The highest BCUT2D eigenvalue weighted by molar-refractivity contribution is 5.89. The molecule has 0 bridgehead atoms. The second kappa shape index (κ2) is 11.5. The molecule has 0 aliphatic heterocycles. The molecule has 0 radical (unpaired) electrons. The highest BCUT2D eigenvalue weighted by atomic mass is 16.5. The summed E-state index contributed by atoms with van der Waals surface area (Å²) in [6, 6.07) is 19.7. The predicted octanol–water partition coefficient (Wildman–Crippen LogP) is 4.34. The number of hydrogen-bond donors (Lipinski definition) is 2. The number of amides is 2. The summed E-state index contributed by atoms with van der Waals surface area (Å²) in [6.07, 6.45) is 5.15. The summed E-state index contributed by atoms with van der Waals surface area (Å²) in [5.74, 6) is 0.261. The maximum absolute atomic E-state index is 12.4. The number of carbonyl (C=O) groups is 2. The molecular weight excluding hydrogens is 446 g/mol. The van der Waals surface area contributed by atoms with E-state index in [1.807, 2.05) is 42.5 Å². The third kappa shape index (κ3) is 6.67. The van der Waals surface area contributed by atoms with Crippen LogP contribution in [0.5, 0.6) is 5.75 Å². The van der Waals surface area contributed by atoms with Crippen LogP contribution in [0.25, 0.3) is 5.69 Å². The first-order chi connectivity index (χ1) is 17.1. The fourth-order valence-electron chi connectivity index (χ4n) is 3.22. The van der Waals surface area contributed by atoms with Crippen molar-refractivity contribution < 1.29 is 19.1 Å². The molecule has 0 aliphatic rings. The molecule has 2 aromatic heterocycles. The van der Waals surface area contributed by atoms with Crippen LogP contribution in [-0.2, 0) is 17.9 Å². The van der Waals surface area contributed by atoms with Gasteiger partial charge in [-0.25, -0.2) is 14.3 Å². The lowest BCUT2D eigenvalue weighted by molar-refractivity contribution is 0.0519. The monoisotopic (exact) mass is 471 g/mol.